The van der Waals surface area contributed by atoms with Gasteiger partial charge in [0.25, 0.3) is 0 Å². The molecule has 2 atom stereocenters. The monoisotopic (exact) mass is 260 g/mol. The molecule has 2 unspecified atom stereocenters. The SMILES string of the molecule is CC(C)N(CC1CC1)C1COc2ccccc2C1N. The Labute approximate surface area is 115 Å². The van der Waals surface area contributed by atoms with Gasteiger partial charge in [-0.2, -0.15) is 0 Å². The van der Waals surface area contributed by atoms with E-state index in [4.69, 9.17) is 10.5 Å². The highest BCUT2D eigenvalue weighted by Gasteiger charge is 2.36. The first-order valence-corrected chi connectivity index (χ1v) is 7.40. The first kappa shape index (κ1) is 12.9. The van der Waals surface area contributed by atoms with Crippen molar-refractivity contribution in [2.45, 2.75) is 44.8 Å². The van der Waals surface area contributed by atoms with E-state index in [1.165, 1.54) is 19.4 Å². The van der Waals surface area contributed by atoms with Crippen LogP contribution in [0.5, 0.6) is 5.75 Å². The summed E-state index contributed by atoms with van der Waals surface area (Å²) in [5.74, 6) is 1.84. The molecule has 1 aromatic rings. The predicted octanol–water partition coefficient (Wildman–Crippen LogP) is 2.57. The van der Waals surface area contributed by atoms with Gasteiger partial charge < -0.3 is 10.5 Å². The summed E-state index contributed by atoms with van der Waals surface area (Å²) in [6, 6.07) is 9.06. The van der Waals surface area contributed by atoms with Crippen LogP contribution in [0.25, 0.3) is 0 Å². The summed E-state index contributed by atoms with van der Waals surface area (Å²) in [5, 5.41) is 0. The largest absolute Gasteiger partial charge is 0.492 e. The van der Waals surface area contributed by atoms with Gasteiger partial charge in [0.1, 0.15) is 12.4 Å². The van der Waals surface area contributed by atoms with Crippen LogP contribution in [0.4, 0.5) is 0 Å². The number of benzene rings is 1. The third-order valence-electron chi connectivity index (χ3n) is 4.36. The van der Waals surface area contributed by atoms with Crippen molar-refractivity contribution in [2.75, 3.05) is 13.2 Å². The van der Waals surface area contributed by atoms with E-state index in [1.54, 1.807) is 0 Å². The molecule has 1 aromatic carbocycles. The fourth-order valence-corrected chi connectivity index (χ4v) is 3.00. The lowest BCUT2D eigenvalue weighted by atomic mass is 9.95. The molecule has 1 heterocycles. The molecule has 0 spiro atoms. The number of nitrogens with two attached hydrogens (primary N) is 1. The molecule has 104 valence electrons. The van der Waals surface area contributed by atoms with Gasteiger partial charge in [-0.1, -0.05) is 18.2 Å². The van der Waals surface area contributed by atoms with E-state index < -0.39 is 0 Å². The lowest BCUT2D eigenvalue weighted by molar-refractivity contribution is 0.0689. The zero-order valence-corrected chi connectivity index (χ0v) is 11.9. The van der Waals surface area contributed by atoms with E-state index in [0.717, 1.165) is 17.2 Å². The third kappa shape index (κ3) is 2.63. The minimum Gasteiger partial charge on any atom is -0.492 e. The minimum absolute atomic E-state index is 0.0612. The van der Waals surface area contributed by atoms with Crippen molar-refractivity contribution < 1.29 is 4.74 Å². The molecule has 1 aliphatic heterocycles. The summed E-state index contributed by atoms with van der Waals surface area (Å²) >= 11 is 0. The van der Waals surface area contributed by atoms with Crippen molar-refractivity contribution in [3.8, 4) is 5.75 Å². The average molecular weight is 260 g/mol. The smallest absolute Gasteiger partial charge is 0.124 e. The molecular weight excluding hydrogens is 236 g/mol. The standard InChI is InChI=1S/C16H24N2O/c1-11(2)18(9-12-7-8-12)14-10-19-15-6-4-3-5-13(15)16(14)17/h3-6,11-12,14,16H,7-10,17H2,1-2H3. The van der Waals surface area contributed by atoms with Gasteiger partial charge in [0.15, 0.2) is 0 Å². The van der Waals surface area contributed by atoms with Gasteiger partial charge in [0.2, 0.25) is 0 Å². The van der Waals surface area contributed by atoms with Crippen LogP contribution >= 0.6 is 0 Å². The Morgan fingerprint density at radius 1 is 1.32 bits per heavy atom. The van der Waals surface area contributed by atoms with Crippen molar-refractivity contribution in [1.82, 2.24) is 4.90 Å². The van der Waals surface area contributed by atoms with Crippen molar-refractivity contribution in [2.24, 2.45) is 11.7 Å². The highest BCUT2D eigenvalue weighted by Crippen LogP contribution is 2.36. The van der Waals surface area contributed by atoms with E-state index in [-0.39, 0.29) is 6.04 Å². The molecule has 0 radical (unpaired) electrons. The quantitative estimate of drug-likeness (QED) is 0.904. The number of fused-ring (bicyclic) bond motifs is 1. The van der Waals surface area contributed by atoms with Gasteiger partial charge in [0, 0.05) is 18.2 Å². The molecule has 3 heteroatoms. The number of hydrogen-bond donors (Lipinski definition) is 1. The van der Waals surface area contributed by atoms with Crippen LogP contribution in [0.3, 0.4) is 0 Å². The van der Waals surface area contributed by atoms with Crippen molar-refractivity contribution in [1.29, 1.82) is 0 Å². The van der Waals surface area contributed by atoms with Crippen molar-refractivity contribution in [3.05, 3.63) is 29.8 Å². The van der Waals surface area contributed by atoms with Crippen LogP contribution < -0.4 is 10.5 Å². The normalized spacial score (nSPS) is 26.4. The number of hydrogen-bond acceptors (Lipinski definition) is 3. The second-order valence-electron chi connectivity index (χ2n) is 6.18. The molecule has 1 aliphatic carbocycles. The Morgan fingerprint density at radius 2 is 2.05 bits per heavy atom. The first-order valence-electron chi connectivity index (χ1n) is 7.40. The summed E-state index contributed by atoms with van der Waals surface area (Å²) in [5.41, 5.74) is 7.66. The van der Waals surface area contributed by atoms with Gasteiger partial charge in [-0.25, -0.2) is 0 Å². The second-order valence-corrected chi connectivity index (χ2v) is 6.18. The molecule has 3 rings (SSSR count). The average Bonchev–Trinajstić information content (AvgIpc) is 3.21. The number of rotatable bonds is 4. The zero-order valence-electron chi connectivity index (χ0n) is 11.9. The summed E-state index contributed by atoms with van der Waals surface area (Å²) in [7, 11) is 0. The van der Waals surface area contributed by atoms with E-state index in [2.05, 4.69) is 24.8 Å². The topological polar surface area (TPSA) is 38.5 Å². The molecule has 3 nitrogen and oxygen atoms in total. The number of ether oxygens (including phenoxy) is 1. The molecular formula is C16H24N2O. The molecule has 2 N–H and O–H groups in total. The molecule has 0 bridgehead atoms. The molecule has 0 saturated heterocycles. The Kier molecular flexibility index (Phi) is 3.50. The maximum atomic E-state index is 6.50. The van der Waals surface area contributed by atoms with Crippen molar-refractivity contribution >= 4 is 0 Å². The Bertz CT molecular complexity index is 442. The number of para-hydroxylation sites is 1. The molecule has 2 aliphatic rings. The van der Waals surface area contributed by atoms with Gasteiger partial charge in [-0.15, -0.1) is 0 Å². The van der Waals surface area contributed by atoms with Crippen LogP contribution in [0, 0.1) is 5.92 Å². The second kappa shape index (κ2) is 5.14. The Balaban J connectivity index is 1.80. The molecule has 19 heavy (non-hydrogen) atoms. The molecule has 0 aromatic heterocycles. The summed E-state index contributed by atoms with van der Waals surface area (Å²) in [6.07, 6.45) is 2.76. The fraction of sp³-hybridized carbons (Fsp3) is 0.625. The van der Waals surface area contributed by atoms with Gasteiger partial charge in [-0.05, 0) is 38.7 Å². The lowest BCUT2D eigenvalue weighted by Gasteiger charge is -2.41. The highest BCUT2D eigenvalue weighted by atomic mass is 16.5. The van der Waals surface area contributed by atoms with Crippen LogP contribution in [-0.4, -0.2) is 30.1 Å². The maximum Gasteiger partial charge on any atom is 0.124 e. The number of nitrogens with zero attached hydrogens (tertiary/aromatic N) is 1. The fourth-order valence-electron chi connectivity index (χ4n) is 3.00. The van der Waals surface area contributed by atoms with Gasteiger partial charge in [-0.3, -0.25) is 4.90 Å². The molecule has 1 saturated carbocycles. The van der Waals surface area contributed by atoms with Crippen LogP contribution in [0.2, 0.25) is 0 Å². The van der Waals surface area contributed by atoms with Crippen LogP contribution in [-0.2, 0) is 0 Å². The van der Waals surface area contributed by atoms with E-state index >= 15 is 0 Å². The predicted molar refractivity (Wildman–Crippen MR) is 77.2 cm³/mol. The summed E-state index contributed by atoms with van der Waals surface area (Å²) in [4.78, 5) is 2.54. The summed E-state index contributed by atoms with van der Waals surface area (Å²) in [6.45, 7) is 6.40. The highest BCUT2D eigenvalue weighted by molar-refractivity contribution is 5.38. The molecule has 0 amide bonds. The van der Waals surface area contributed by atoms with Crippen LogP contribution in [0.15, 0.2) is 24.3 Å². The maximum absolute atomic E-state index is 6.50. The third-order valence-corrected chi connectivity index (χ3v) is 4.36. The molecule has 1 fully saturated rings. The van der Waals surface area contributed by atoms with Crippen molar-refractivity contribution in [3.63, 3.8) is 0 Å². The summed E-state index contributed by atoms with van der Waals surface area (Å²) < 4.78 is 5.92. The van der Waals surface area contributed by atoms with Gasteiger partial charge >= 0.3 is 0 Å². The van der Waals surface area contributed by atoms with Gasteiger partial charge in [0.05, 0.1) is 12.1 Å². The lowest BCUT2D eigenvalue weighted by Crippen LogP contribution is -2.52. The first-order chi connectivity index (χ1) is 9.16. The zero-order chi connectivity index (χ0) is 13.4. The van der Waals surface area contributed by atoms with Crippen LogP contribution in [0.1, 0.15) is 38.3 Å². The van der Waals surface area contributed by atoms with E-state index in [9.17, 15) is 0 Å². The minimum atomic E-state index is 0.0612. The Morgan fingerprint density at radius 3 is 2.74 bits per heavy atom. The van der Waals surface area contributed by atoms with E-state index in [0.29, 0.717) is 18.7 Å². The Hall–Kier alpha value is -1.06. The van der Waals surface area contributed by atoms with E-state index in [1.807, 2.05) is 18.2 Å².